The van der Waals surface area contributed by atoms with Crippen LogP contribution in [-0.2, 0) is 0 Å². The van der Waals surface area contributed by atoms with Crippen LogP contribution in [0.25, 0.3) is 121 Å². The smallest absolute Gasteiger partial charge is 0.160 e. The largest absolute Gasteiger partial charge is 0.228 e. The van der Waals surface area contributed by atoms with E-state index in [2.05, 4.69) is 231 Å². The molecule has 314 valence electrons. The van der Waals surface area contributed by atoms with Gasteiger partial charge in [0.15, 0.2) is 5.82 Å². The van der Waals surface area contributed by atoms with Crippen LogP contribution < -0.4 is 0 Å². The minimum absolute atomic E-state index is 0.701. The maximum Gasteiger partial charge on any atom is 0.160 e. The summed E-state index contributed by atoms with van der Waals surface area (Å²) in [5.74, 6) is 0.701. The number of nitrogens with zero attached hydrogens (tertiary/aromatic N) is 2. The second-order valence-electron chi connectivity index (χ2n) is 16.9. The Morgan fingerprint density at radius 2 is 0.657 bits per heavy atom. The van der Waals surface area contributed by atoms with Crippen LogP contribution in [-0.4, -0.2) is 9.97 Å². The lowest BCUT2D eigenvalue weighted by Gasteiger charge is -2.20. The van der Waals surface area contributed by atoms with Gasteiger partial charge in [0.25, 0.3) is 0 Å². The molecule has 0 atom stereocenters. The molecule has 12 rings (SSSR count). The van der Waals surface area contributed by atoms with Crippen LogP contribution >= 0.6 is 11.3 Å². The minimum atomic E-state index is 0.701. The fraction of sp³-hybridized carbons (Fsp3) is 0. The van der Waals surface area contributed by atoms with E-state index >= 15 is 0 Å². The second-order valence-corrected chi connectivity index (χ2v) is 18.0. The quantitative estimate of drug-likeness (QED) is 0.144. The van der Waals surface area contributed by atoms with Gasteiger partial charge in [-0.2, -0.15) is 0 Å². The van der Waals surface area contributed by atoms with Crippen LogP contribution in [0.5, 0.6) is 0 Å². The molecule has 3 heteroatoms. The number of hydrogen-bond donors (Lipinski definition) is 0. The lowest BCUT2D eigenvalue weighted by atomic mass is 9.84. The third-order valence-electron chi connectivity index (χ3n) is 12.7. The Labute approximate surface area is 394 Å². The fourth-order valence-electron chi connectivity index (χ4n) is 9.33. The van der Waals surface area contributed by atoms with E-state index in [0.717, 1.165) is 44.8 Å². The van der Waals surface area contributed by atoms with Gasteiger partial charge in [0, 0.05) is 36.9 Å². The Balaban J connectivity index is 0.957. The summed E-state index contributed by atoms with van der Waals surface area (Å²) in [6.07, 6.45) is 0. The van der Waals surface area contributed by atoms with E-state index in [9.17, 15) is 0 Å². The van der Waals surface area contributed by atoms with Crippen molar-refractivity contribution in [3.63, 3.8) is 0 Å². The lowest BCUT2D eigenvalue weighted by Crippen LogP contribution is -1.96. The Hall–Kier alpha value is -8.50. The number of aromatic nitrogens is 2. The number of thiophene rings is 1. The highest BCUT2D eigenvalue weighted by atomic mass is 32.1. The van der Waals surface area contributed by atoms with Crippen molar-refractivity contribution in [3.8, 4) is 101 Å². The summed E-state index contributed by atoms with van der Waals surface area (Å²) in [5, 5.41) is 2.59. The van der Waals surface area contributed by atoms with Gasteiger partial charge in [-0.05, 0) is 109 Å². The van der Waals surface area contributed by atoms with Gasteiger partial charge in [0.1, 0.15) is 0 Å². The molecule has 0 fully saturated rings. The molecule has 67 heavy (non-hydrogen) atoms. The van der Waals surface area contributed by atoms with Crippen LogP contribution in [0.2, 0.25) is 0 Å². The average Bonchev–Trinajstić information content (AvgIpc) is 3.79. The van der Waals surface area contributed by atoms with Crippen molar-refractivity contribution >= 4 is 31.5 Å². The summed E-state index contributed by atoms with van der Waals surface area (Å²) >= 11 is 1.86. The number of hydrogen-bond acceptors (Lipinski definition) is 3. The van der Waals surface area contributed by atoms with Crippen LogP contribution in [0.4, 0.5) is 0 Å². The third-order valence-corrected chi connectivity index (χ3v) is 13.9. The van der Waals surface area contributed by atoms with Gasteiger partial charge < -0.3 is 0 Å². The molecule has 0 bridgehead atoms. The molecule has 2 nitrogen and oxygen atoms in total. The third kappa shape index (κ3) is 7.92. The summed E-state index contributed by atoms with van der Waals surface area (Å²) in [5.41, 5.74) is 19.0. The van der Waals surface area contributed by atoms with Gasteiger partial charge in [-0.15, -0.1) is 11.3 Å². The van der Waals surface area contributed by atoms with Crippen LogP contribution in [0.15, 0.2) is 255 Å². The molecule has 0 aliphatic rings. The molecule has 0 amide bonds. The summed E-state index contributed by atoms with van der Waals surface area (Å²) in [4.78, 5) is 10.2. The maximum atomic E-state index is 5.14. The highest BCUT2D eigenvalue weighted by molar-refractivity contribution is 7.25. The molecule has 0 N–H and O–H groups in total. The zero-order valence-electron chi connectivity index (χ0n) is 36.6. The first-order valence-electron chi connectivity index (χ1n) is 22.7. The maximum absolute atomic E-state index is 5.14. The Morgan fingerprint density at radius 3 is 1.27 bits per heavy atom. The van der Waals surface area contributed by atoms with Gasteiger partial charge in [-0.3, -0.25) is 0 Å². The number of benzene rings is 10. The first-order valence-corrected chi connectivity index (χ1v) is 23.5. The van der Waals surface area contributed by atoms with E-state index in [1.165, 1.54) is 70.2 Å². The topological polar surface area (TPSA) is 25.8 Å². The molecule has 0 aliphatic carbocycles. The molecule has 10 aromatic carbocycles. The van der Waals surface area contributed by atoms with Crippen molar-refractivity contribution in [1.82, 2.24) is 9.97 Å². The number of fused-ring (bicyclic) bond motifs is 3. The minimum Gasteiger partial charge on any atom is -0.228 e. The highest BCUT2D eigenvalue weighted by Crippen LogP contribution is 2.46. The zero-order chi connectivity index (χ0) is 44.5. The van der Waals surface area contributed by atoms with E-state index in [1.54, 1.807) is 0 Å². The second kappa shape index (κ2) is 17.5. The summed E-state index contributed by atoms with van der Waals surface area (Å²) in [7, 11) is 0. The van der Waals surface area contributed by atoms with E-state index in [-0.39, 0.29) is 0 Å². The molecule has 0 radical (unpaired) electrons. The Kier molecular flexibility index (Phi) is 10.4. The van der Waals surface area contributed by atoms with E-state index in [4.69, 9.17) is 9.97 Å². The molecule has 0 saturated heterocycles. The van der Waals surface area contributed by atoms with Gasteiger partial charge in [0.05, 0.1) is 11.4 Å². The fourth-order valence-corrected chi connectivity index (χ4v) is 10.4. The van der Waals surface area contributed by atoms with Crippen LogP contribution in [0.1, 0.15) is 0 Å². The van der Waals surface area contributed by atoms with Crippen molar-refractivity contribution < 1.29 is 0 Å². The molecular formula is C64H42N2S. The first-order chi connectivity index (χ1) is 33.2. The van der Waals surface area contributed by atoms with E-state index in [1.807, 2.05) is 35.6 Å². The molecule has 2 aromatic heterocycles. The van der Waals surface area contributed by atoms with E-state index in [0.29, 0.717) is 5.82 Å². The van der Waals surface area contributed by atoms with Crippen molar-refractivity contribution in [2.24, 2.45) is 0 Å². The first kappa shape index (κ1) is 40.0. The van der Waals surface area contributed by atoms with Crippen molar-refractivity contribution in [3.05, 3.63) is 255 Å². The summed E-state index contributed by atoms with van der Waals surface area (Å²) in [6.45, 7) is 0. The molecule has 0 saturated carbocycles. The summed E-state index contributed by atoms with van der Waals surface area (Å²) < 4.78 is 2.61. The Bertz CT molecular complexity index is 3690. The van der Waals surface area contributed by atoms with E-state index < -0.39 is 0 Å². The predicted octanol–water partition coefficient (Wildman–Crippen LogP) is 17.8. The molecule has 12 aromatic rings. The van der Waals surface area contributed by atoms with Gasteiger partial charge in [-0.1, -0.05) is 212 Å². The van der Waals surface area contributed by atoms with Crippen LogP contribution in [0, 0.1) is 0 Å². The molecule has 0 aliphatic heterocycles. The average molecular weight is 871 g/mol. The molecule has 2 heterocycles. The van der Waals surface area contributed by atoms with Gasteiger partial charge in [-0.25, -0.2) is 9.97 Å². The van der Waals surface area contributed by atoms with Gasteiger partial charge in [0.2, 0.25) is 0 Å². The monoisotopic (exact) mass is 870 g/mol. The predicted molar refractivity (Wildman–Crippen MR) is 284 cm³/mol. The van der Waals surface area contributed by atoms with Crippen LogP contribution in [0.3, 0.4) is 0 Å². The SMILES string of the molecule is c1ccc(-c2ccc(-c3cc(-c4ccc(-c5cccc(-c6cc(-c7ccccc7)cc(-c7ccc8sc9ccccc9c8c7)c6-c6ccccc6)c5)cc4)nc(-c4ccccc4)n3)cc2)cc1. The molecule has 0 unspecified atom stereocenters. The normalized spacial score (nSPS) is 11.3. The highest BCUT2D eigenvalue weighted by Gasteiger charge is 2.19. The van der Waals surface area contributed by atoms with Gasteiger partial charge >= 0.3 is 0 Å². The zero-order valence-corrected chi connectivity index (χ0v) is 37.4. The van der Waals surface area contributed by atoms with Crippen molar-refractivity contribution in [2.45, 2.75) is 0 Å². The number of rotatable bonds is 9. The Morgan fingerprint density at radius 1 is 0.239 bits per heavy atom. The summed E-state index contributed by atoms with van der Waals surface area (Å²) in [6, 6.07) is 91.5. The standard InChI is InChI=1S/C64H42N2S/c1-5-16-43(17-6-1)45-28-32-47(33-29-45)59-42-60(66-64(65-59)50-22-11-4-12-23-50)48-34-30-46(31-35-48)51-24-15-25-52(38-51)56-40-54(44-18-7-2-8-19-44)41-57(63(56)49-20-9-3-10-21-49)53-36-37-62-58(39-53)55-26-13-14-27-61(55)67-62/h1-42H. The lowest BCUT2D eigenvalue weighted by molar-refractivity contribution is 1.18. The molecular weight excluding hydrogens is 829 g/mol. The van der Waals surface area contributed by atoms with Crippen molar-refractivity contribution in [1.29, 1.82) is 0 Å². The molecule has 0 spiro atoms. The van der Waals surface area contributed by atoms with Crippen molar-refractivity contribution in [2.75, 3.05) is 0 Å².